The van der Waals surface area contributed by atoms with E-state index in [1.165, 1.54) is 18.3 Å². The number of hydrogen-bond donors (Lipinski definition) is 2. The summed E-state index contributed by atoms with van der Waals surface area (Å²) in [6, 6.07) is 0. The fraction of sp³-hybridized carbons (Fsp3) is 0.538. The first kappa shape index (κ1) is 15.4. The summed E-state index contributed by atoms with van der Waals surface area (Å²) in [5.41, 5.74) is 0.291. The SMILES string of the molecule is CC(=O)Nc1nc(C(=O)N2CCCC(CC(=O)O)C2)cs1. The maximum absolute atomic E-state index is 12.3. The number of aromatic nitrogens is 1. The number of anilines is 1. The third-order valence-electron chi connectivity index (χ3n) is 3.28. The van der Waals surface area contributed by atoms with Gasteiger partial charge in [0.2, 0.25) is 5.91 Å². The lowest BCUT2D eigenvalue weighted by molar-refractivity contribution is -0.138. The summed E-state index contributed by atoms with van der Waals surface area (Å²) >= 11 is 1.20. The Morgan fingerprint density at radius 3 is 2.95 bits per heavy atom. The Balaban J connectivity index is 2.00. The van der Waals surface area contributed by atoms with Crippen LogP contribution in [0.1, 0.15) is 36.7 Å². The standard InChI is InChI=1S/C13H17N3O4S/c1-8(17)14-13-15-10(7-21-13)12(20)16-4-2-3-9(6-16)5-11(18)19/h7,9H,2-6H2,1H3,(H,18,19)(H,14,15,17). The molecule has 1 fully saturated rings. The van der Waals surface area contributed by atoms with Crippen molar-refractivity contribution in [2.24, 2.45) is 5.92 Å². The number of nitrogens with one attached hydrogen (secondary N) is 1. The second-order valence-electron chi connectivity index (χ2n) is 5.08. The second kappa shape index (κ2) is 6.66. The molecule has 114 valence electrons. The molecule has 1 unspecified atom stereocenters. The number of thiazole rings is 1. The Morgan fingerprint density at radius 1 is 1.52 bits per heavy atom. The molecule has 7 nitrogen and oxygen atoms in total. The Morgan fingerprint density at radius 2 is 2.29 bits per heavy atom. The maximum Gasteiger partial charge on any atom is 0.303 e. The van der Waals surface area contributed by atoms with E-state index in [1.54, 1.807) is 10.3 Å². The monoisotopic (exact) mass is 311 g/mol. The highest BCUT2D eigenvalue weighted by Gasteiger charge is 2.27. The Labute approximate surface area is 126 Å². The molecule has 0 spiro atoms. The highest BCUT2D eigenvalue weighted by atomic mass is 32.1. The van der Waals surface area contributed by atoms with Crippen LogP contribution in [0.15, 0.2) is 5.38 Å². The van der Waals surface area contributed by atoms with Crippen LogP contribution in [0.25, 0.3) is 0 Å². The van der Waals surface area contributed by atoms with Crippen molar-refractivity contribution in [2.75, 3.05) is 18.4 Å². The zero-order chi connectivity index (χ0) is 15.4. The van der Waals surface area contributed by atoms with E-state index in [1.807, 2.05) is 0 Å². The average molecular weight is 311 g/mol. The predicted octanol–water partition coefficient (Wildman–Crippen LogP) is 1.43. The van der Waals surface area contributed by atoms with Crippen molar-refractivity contribution < 1.29 is 19.5 Å². The number of amides is 2. The molecule has 0 aliphatic carbocycles. The van der Waals surface area contributed by atoms with E-state index in [0.29, 0.717) is 23.9 Å². The van der Waals surface area contributed by atoms with Gasteiger partial charge in [0, 0.05) is 31.8 Å². The number of likely N-dealkylation sites (tertiary alicyclic amines) is 1. The molecule has 2 amide bonds. The lowest BCUT2D eigenvalue weighted by Gasteiger charge is -2.31. The maximum atomic E-state index is 12.3. The fourth-order valence-electron chi connectivity index (χ4n) is 2.41. The van der Waals surface area contributed by atoms with E-state index in [2.05, 4.69) is 10.3 Å². The second-order valence-corrected chi connectivity index (χ2v) is 5.93. The molecule has 2 N–H and O–H groups in total. The third kappa shape index (κ3) is 4.25. The summed E-state index contributed by atoms with van der Waals surface area (Å²) in [6.07, 6.45) is 1.70. The number of carbonyl (C=O) groups excluding carboxylic acids is 2. The summed E-state index contributed by atoms with van der Waals surface area (Å²) < 4.78 is 0. The molecule has 1 aliphatic heterocycles. The van der Waals surface area contributed by atoms with E-state index >= 15 is 0 Å². The molecule has 21 heavy (non-hydrogen) atoms. The smallest absolute Gasteiger partial charge is 0.303 e. The fourth-order valence-corrected chi connectivity index (χ4v) is 3.14. The van der Waals surface area contributed by atoms with E-state index < -0.39 is 5.97 Å². The van der Waals surface area contributed by atoms with Crippen LogP contribution in [0.5, 0.6) is 0 Å². The van der Waals surface area contributed by atoms with Gasteiger partial charge in [-0.3, -0.25) is 14.4 Å². The van der Waals surface area contributed by atoms with E-state index in [0.717, 1.165) is 12.8 Å². The van der Waals surface area contributed by atoms with Crippen molar-refractivity contribution in [2.45, 2.75) is 26.2 Å². The normalized spacial score (nSPS) is 18.3. The van der Waals surface area contributed by atoms with Crippen LogP contribution in [-0.4, -0.2) is 45.9 Å². The topological polar surface area (TPSA) is 99.6 Å². The lowest BCUT2D eigenvalue weighted by atomic mass is 9.95. The largest absolute Gasteiger partial charge is 0.481 e. The number of rotatable bonds is 4. The van der Waals surface area contributed by atoms with Crippen LogP contribution >= 0.6 is 11.3 Å². The van der Waals surface area contributed by atoms with Gasteiger partial charge in [-0.05, 0) is 18.8 Å². The number of nitrogens with zero attached hydrogens (tertiary/aromatic N) is 2. The van der Waals surface area contributed by atoms with Crippen molar-refractivity contribution >= 4 is 34.3 Å². The number of aliphatic carboxylic acids is 1. The number of piperidine rings is 1. The van der Waals surface area contributed by atoms with Crippen LogP contribution in [0, 0.1) is 5.92 Å². The van der Waals surface area contributed by atoms with Gasteiger partial charge in [0.25, 0.3) is 5.91 Å². The minimum absolute atomic E-state index is 0.00588. The van der Waals surface area contributed by atoms with Crippen molar-refractivity contribution in [3.8, 4) is 0 Å². The number of carboxylic acids is 1. The number of hydrogen-bond acceptors (Lipinski definition) is 5. The molecule has 0 bridgehead atoms. The number of carboxylic acid groups (broad SMARTS) is 1. The molecule has 1 saturated heterocycles. The van der Waals surface area contributed by atoms with Gasteiger partial charge in [-0.1, -0.05) is 0 Å². The summed E-state index contributed by atoms with van der Waals surface area (Å²) in [4.78, 5) is 39.8. The van der Waals surface area contributed by atoms with Gasteiger partial charge >= 0.3 is 5.97 Å². The highest BCUT2D eigenvalue weighted by molar-refractivity contribution is 7.14. The third-order valence-corrected chi connectivity index (χ3v) is 4.03. The molecule has 0 radical (unpaired) electrons. The van der Waals surface area contributed by atoms with Crippen LogP contribution in [0.2, 0.25) is 0 Å². The molecule has 1 aromatic rings. The first-order chi connectivity index (χ1) is 9.95. The van der Waals surface area contributed by atoms with Crippen molar-refractivity contribution in [1.29, 1.82) is 0 Å². The quantitative estimate of drug-likeness (QED) is 0.876. The van der Waals surface area contributed by atoms with E-state index in [9.17, 15) is 14.4 Å². The average Bonchev–Trinajstić information content (AvgIpc) is 2.85. The van der Waals surface area contributed by atoms with Crippen molar-refractivity contribution in [1.82, 2.24) is 9.88 Å². The van der Waals surface area contributed by atoms with Crippen molar-refractivity contribution in [3.63, 3.8) is 0 Å². The summed E-state index contributed by atoms with van der Waals surface area (Å²) in [5, 5.41) is 13.4. The van der Waals surface area contributed by atoms with Crippen molar-refractivity contribution in [3.05, 3.63) is 11.1 Å². The molecule has 0 aromatic carbocycles. The van der Waals surface area contributed by atoms with Gasteiger partial charge in [0.05, 0.1) is 0 Å². The van der Waals surface area contributed by atoms with Gasteiger partial charge in [0.1, 0.15) is 5.69 Å². The van der Waals surface area contributed by atoms with Crippen LogP contribution in [0.4, 0.5) is 5.13 Å². The summed E-state index contributed by atoms with van der Waals surface area (Å²) in [7, 11) is 0. The molecule has 2 heterocycles. The minimum Gasteiger partial charge on any atom is -0.481 e. The van der Waals surface area contributed by atoms with Gasteiger partial charge in [-0.2, -0.15) is 0 Å². The first-order valence-electron chi connectivity index (χ1n) is 6.70. The van der Waals surface area contributed by atoms with Gasteiger partial charge < -0.3 is 15.3 Å². The molecular weight excluding hydrogens is 294 g/mol. The minimum atomic E-state index is -0.837. The zero-order valence-electron chi connectivity index (χ0n) is 11.7. The van der Waals surface area contributed by atoms with Gasteiger partial charge in [-0.15, -0.1) is 11.3 Å². The molecule has 2 rings (SSSR count). The number of carbonyl (C=O) groups is 3. The summed E-state index contributed by atoms with van der Waals surface area (Å²) in [6.45, 7) is 2.43. The molecule has 0 saturated carbocycles. The molecular formula is C13H17N3O4S. The van der Waals surface area contributed by atoms with Crippen LogP contribution in [-0.2, 0) is 9.59 Å². The van der Waals surface area contributed by atoms with Crippen LogP contribution < -0.4 is 5.32 Å². The Hall–Kier alpha value is -1.96. The van der Waals surface area contributed by atoms with E-state index in [-0.39, 0.29) is 24.2 Å². The van der Waals surface area contributed by atoms with Gasteiger partial charge in [0.15, 0.2) is 5.13 Å². The van der Waals surface area contributed by atoms with Crippen LogP contribution in [0.3, 0.4) is 0 Å². The summed E-state index contributed by atoms with van der Waals surface area (Å²) in [5.74, 6) is -1.29. The Bertz CT molecular complexity index is 557. The lowest BCUT2D eigenvalue weighted by Crippen LogP contribution is -2.40. The zero-order valence-corrected chi connectivity index (χ0v) is 12.5. The highest BCUT2D eigenvalue weighted by Crippen LogP contribution is 2.23. The van der Waals surface area contributed by atoms with E-state index in [4.69, 9.17) is 5.11 Å². The molecule has 1 aromatic heterocycles. The Kier molecular flexibility index (Phi) is 4.89. The predicted molar refractivity (Wildman–Crippen MR) is 77.3 cm³/mol. The first-order valence-corrected chi connectivity index (χ1v) is 7.58. The molecule has 1 atom stereocenters. The van der Waals surface area contributed by atoms with Gasteiger partial charge in [-0.25, -0.2) is 4.98 Å². The molecule has 8 heteroatoms. The molecule has 1 aliphatic rings.